The van der Waals surface area contributed by atoms with E-state index in [9.17, 15) is 0 Å². The van der Waals surface area contributed by atoms with E-state index in [1.807, 2.05) is 0 Å². The molecule has 0 aliphatic carbocycles. The fourth-order valence-electron chi connectivity index (χ4n) is 2.30. The van der Waals surface area contributed by atoms with Crippen molar-refractivity contribution in [2.75, 3.05) is 5.33 Å². The first-order valence-electron chi connectivity index (χ1n) is 7.61. The van der Waals surface area contributed by atoms with Crippen LogP contribution in [0.25, 0.3) is 0 Å². The van der Waals surface area contributed by atoms with Crippen molar-refractivity contribution < 1.29 is 0 Å². The van der Waals surface area contributed by atoms with Gasteiger partial charge in [-0.1, -0.05) is 81.4 Å². The molecule has 0 atom stereocenters. The molecule has 1 heteroatoms. The van der Waals surface area contributed by atoms with Crippen molar-refractivity contribution in [1.29, 1.82) is 0 Å². The van der Waals surface area contributed by atoms with E-state index in [0.717, 1.165) is 11.8 Å². The third-order valence-corrected chi connectivity index (χ3v) is 3.96. The summed E-state index contributed by atoms with van der Waals surface area (Å²) in [5, 5.41) is 0.943. The Kier molecular flexibility index (Phi) is 6.83. The average molecular weight is 335 g/mol. The Hall–Kier alpha value is -0.740. The van der Waals surface area contributed by atoms with Gasteiger partial charge in [0, 0.05) is 17.3 Å². The number of hydrogen-bond acceptors (Lipinski definition) is 0. The van der Waals surface area contributed by atoms with Crippen LogP contribution >= 0.6 is 15.9 Å². The summed E-state index contributed by atoms with van der Waals surface area (Å²) >= 11 is 3.45. The first kappa shape index (κ1) is 17.3. The van der Waals surface area contributed by atoms with Crippen molar-refractivity contribution in [3.05, 3.63) is 34.4 Å². The molecular weight excluding hydrogens is 308 g/mol. The minimum atomic E-state index is 0.513. The Morgan fingerprint density at radius 2 is 1.40 bits per heavy atom. The topological polar surface area (TPSA) is 0 Å². The molecule has 110 valence electrons. The highest BCUT2D eigenvalue weighted by Gasteiger charge is 2.15. The van der Waals surface area contributed by atoms with Gasteiger partial charge in [0.1, 0.15) is 0 Å². The van der Waals surface area contributed by atoms with Gasteiger partial charge in [0.05, 0.1) is 0 Å². The van der Waals surface area contributed by atoms with Crippen LogP contribution in [0.3, 0.4) is 0 Å². The molecule has 0 fully saturated rings. The van der Waals surface area contributed by atoms with E-state index in [0.29, 0.717) is 17.8 Å². The van der Waals surface area contributed by atoms with Gasteiger partial charge in [0.25, 0.3) is 0 Å². The lowest BCUT2D eigenvalue weighted by atomic mass is 9.84. The maximum absolute atomic E-state index is 3.45. The van der Waals surface area contributed by atoms with E-state index in [2.05, 4.69) is 81.4 Å². The molecular formula is C19H27Br. The van der Waals surface area contributed by atoms with Gasteiger partial charge < -0.3 is 0 Å². The predicted molar refractivity (Wildman–Crippen MR) is 94.0 cm³/mol. The number of halogens is 1. The summed E-state index contributed by atoms with van der Waals surface area (Å²) < 4.78 is 0. The molecule has 0 aliphatic heterocycles. The predicted octanol–water partition coefficient (Wildman–Crippen LogP) is 6.19. The van der Waals surface area contributed by atoms with Crippen LogP contribution in [-0.4, -0.2) is 5.33 Å². The summed E-state index contributed by atoms with van der Waals surface area (Å²) in [6, 6.07) is 4.72. The minimum Gasteiger partial charge on any atom is -0.0970 e. The monoisotopic (exact) mass is 334 g/mol. The molecule has 0 saturated heterocycles. The Balaban J connectivity index is 3.48. The summed E-state index contributed by atoms with van der Waals surface area (Å²) in [7, 11) is 0. The van der Waals surface area contributed by atoms with Gasteiger partial charge in [-0.3, -0.25) is 0 Å². The molecule has 0 bridgehead atoms. The largest absolute Gasteiger partial charge is 0.0970 e. The molecule has 0 heterocycles. The van der Waals surface area contributed by atoms with Crippen molar-refractivity contribution in [3.63, 3.8) is 0 Å². The molecule has 1 aromatic rings. The molecule has 0 N–H and O–H groups in total. The fraction of sp³-hybridized carbons (Fsp3) is 0.579. The fourth-order valence-corrected chi connectivity index (χ4v) is 2.50. The van der Waals surface area contributed by atoms with Crippen LogP contribution in [-0.2, 0) is 0 Å². The number of rotatable bonds is 4. The first-order valence-corrected chi connectivity index (χ1v) is 8.73. The van der Waals surface area contributed by atoms with Crippen molar-refractivity contribution >= 4 is 15.9 Å². The highest BCUT2D eigenvalue weighted by Crippen LogP contribution is 2.31. The normalized spacial score (nSPS) is 11.1. The Morgan fingerprint density at radius 3 is 1.75 bits per heavy atom. The Labute approximate surface area is 133 Å². The summed E-state index contributed by atoms with van der Waals surface area (Å²) in [6.07, 6.45) is 0.904. The maximum Gasteiger partial charge on any atom is 0.0314 e. The van der Waals surface area contributed by atoms with Crippen LogP contribution in [0, 0.1) is 11.8 Å². The van der Waals surface area contributed by atoms with Gasteiger partial charge in [-0.15, -0.1) is 0 Å². The second kappa shape index (κ2) is 7.89. The van der Waals surface area contributed by atoms with Crippen LogP contribution in [0.2, 0.25) is 0 Å². The molecule has 0 saturated carbocycles. The second-order valence-corrected chi connectivity index (χ2v) is 7.07. The summed E-state index contributed by atoms with van der Waals surface area (Å²) in [4.78, 5) is 0. The molecule has 0 unspecified atom stereocenters. The van der Waals surface area contributed by atoms with Gasteiger partial charge in [-0.05, 0) is 34.4 Å². The lowest BCUT2D eigenvalue weighted by molar-refractivity contribution is 0.800. The molecule has 1 rings (SSSR count). The molecule has 0 amide bonds. The highest BCUT2D eigenvalue weighted by atomic mass is 79.9. The Bertz CT molecular complexity index is 469. The molecule has 0 spiro atoms. The summed E-state index contributed by atoms with van der Waals surface area (Å²) in [5.41, 5.74) is 5.51. The second-order valence-electron chi connectivity index (χ2n) is 6.28. The van der Waals surface area contributed by atoms with E-state index in [-0.39, 0.29) is 0 Å². The van der Waals surface area contributed by atoms with Gasteiger partial charge in [-0.25, -0.2) is 0 Å². The van der Waals surface area contributed by atoms with Crippen molar-refractivity contribution in [2.24, 2.45) is 0 Å². The van der Waals surface area contributed by atoms with E-state index in [1.165, 1.54) is 22.3 Å². The lowest BCUT2D eigenvalue weighted by Crippen LogP contribution is -2.04. The molecule has 20 heavy (non-hydrogen) atoms. The highest BCUT2D eigenvalue weighted by molar-refractivity contribution is 9.09. The first-order chi connectivity index (χ1) is 9.38. The van der Waals surface area contributed by atoms with E-state index in [1.54, 1.807) is 0 Å². The molecule has 0 aromatic heterocycles. The molecule has 0 nitrogen and oxygen atoms in total. The van der Waals surface area contributed by atoms with Crippen LogP contribution < -0.4 is 0 Å². The summed E-state index contributed by atoms with van der Waals surface area (Å²) in [5.74, 6) is 8.32. The van der Waals surface area contributed by atoms with Gasteiger partial charge in [-0.2, -0.15) is 0 Å². The lowest BCUT2D eigenvalue weighted by Gasteiger charge is -2.20. The van der Waals surface area contributed by atoms with Crippen molar-refractivity contribution in [1.82, 2.24) is 0 Å². The van der Waals surface area contributed by atoms with Gasteiger partial charge in [0.15, 0.2) is 0 Å². The molecule has 1 aromatic carbocycles. The van der Waals surface area contributed by atoms with Gasteiger partial charge >= 0.3 is 0 Å². The van der Waals surface area contributed by atoms with Crippen molar-refractivity contribution in [3.8, 4) is 11.8 Å². The zero-order valence-corrected chi connectivity index (χ0v) is 15.3. The SMILES string of the molecule is CC(C)c1cc(C(C)C)c(C#CCCBr)c(C(C)C)c1. The summed E-state index contributed by atoms with van der Waals surface area (Å²) in [6.45, 7) is 13.6. The smallest absolute Gasteiger partial charge is 0.0314 e. The number of benzene rings is 1. The van der Waals surface area contributed by atoms with E-state index in [4.69, 9.17) is 0 Å². The van der Waals surface area contributed by atoms with Gasteiger partial charge in [0.2, 0.25) is 0 Å². The Morgan fingerprint density at radius 1 is 0.900 bits per heavy atom. The van der Waals surface area contributed by atoms with Crippen LogP contribution in [0.4, 0.5) is 0 Å². The van der Waals surface area contributed by atoms with Crippen LogP contribution in [0.1, 0.15) is 88.0 Å². The number of alkyl halides is 1. The maximum atomic E-state index is 3.45. The number of hydrogen-bond donors (Lipinski definition) is 0. The molecule has 0 radical (unpaired) electrons. The third-order valence-electron chi connectivity index (χ3n) is 3.57. The third kappa shape index (κ3) is 4.38. The molecule has 0 aliphatic rings. The van der Waals surface area contributed by atoms with Crippen molar-refractivity contribution in [2.45, 2.75) is 65.7 Å². The van der Waals surface area contributed by atoms with Crippen LogP contribution in [0.5, 0.6) is 0 Å². The average Bonchev–Trinajstić information content (AvgIpc) is 2.37. The van der Waals surface area contributed by atoms with E-state index >= 15 is 0 Å². The standard InChI is InChI=1S/C19H27Br/c1-13(2)16-11-18(14(3)4)17(9-7-8-10-20)19(12-16)15(5)6/h11-15H,8,10H2,1-6H3. The van der Waals surface area contributed by atoms with E-state index < -0.39 is 0 Å². The quantitative estimate of drug-likeness (QED) is 0.454. The zero-order chi connectivity index (χ0) is 15.3. The minimum absolute atomic E-state index is 0.513. The zero-order valence-electron chi connectivity index (χ0n) is 13.7. The van der Waals surface area contributed by atoms with Crippen LogP contribution in [0.15, 0.2) is 12.1 Å².